The molecule has 0 aliphatic heterocycles. The van der Waals surface area contributed by atoms with Gasteiger partial charge in [0.05, 0.1) is 27.7 Å². The summed E-state index contributed by atoms with van der Waals surface area (Å²) in [6, 6.07) is 0. The number of allylic oxidation sites excluding steroid dienone is 18. The minimum Gasteiger partial charge on any atom is -0.462 e. The van der Waals surface area contributed by atoms with Crippen LogP contribution in [0, 0.1) is 0 Å². The zero-order chi connectivity index (χ0) is 60.5. The van der Waals surface area contributed by atoms with Gasteiger partial charge in [0, 0.05) is 12.8 Å². The summed E-state index contributed by atoms with van der Waals surface area (Å²) in [6.45, 7) is 4.34. The number of ether oxygens (including phenoxy) is 2. The number of phosphoric acid groups is 1. The number of rotatable bonds is 62. The van der Waals surface area contributed by atoms with E-state index in [1.807, 2.05) is 21.1 Å². The normalized spacial score (nSPS) is 13.9. The monoisotopic (exact) mass is 1180 g/mol. The molecule has 0 amide bonds. The highest BCUT2D eigenvalue weighted by Crippen LogP contribution is 2.43. The first-order chi connectivity index (χ1) is 40.5. The Labute approximate surface area is 512 Å². The fraction of sp³-hybridized carbons (Fsp3) is 0.726. The molecule has 0 aliphatic rings. The number of phosphoric ester groups is 1. The molecule has 0 aromatic heterocycles. The molecule has 9 nitrogen and oxygen atoms in total. The van der Waals surface area contributed by atoms with Gasteiger partial charge in [0.2, 0.25) is 0 Å². The summed E-state index contributed by atoms with van der Waals surface area (Å²) in [6.07, 6.45) is 88.9. The van der Waals surface area contributed by atoms with Gasteiger partial charge in [-0.25, -0.2) is 4.57 Å². The second kappa shape index (κ2) is 63.2. The number of unbranched alkanes of at least 4 members (excludes halogenated alkanes) is 30. The quantitative estimate of drug-likeness (QED) is 0.0211. The molecule has 478 valence electrons. The maximum atomic E-state index is 12.9. The number of carbonyl (C=O) groups excluding carboxylic acids is 2. The van der Waals surface area contributed by atoms with Gasteiger partial charge >= 0.3 is 19.8 Å². The maximum absolute atomic E-state index is 12.9. The van der Waals surface area contributed by atoms with Crippen LogP contribution < -0.4 is 0 Å². The van der Waals surface area contributed by atoms with E-state index in [4.69, 9.17) is 18.5 Å². The van der Waals surface area contributed by atoms with Crippen molar-refractivity contribution in [1.29, 1.82) is 0 Å². The zero-order valence-electron chi connectivity index (χ0n) is 54.4. The van der Waals surface area contributed by atoms with Crippen LogP contribution in [0.5, 0.6) is 0 Å². The number of hydrogen-bond donors (Lipinski definition) is 1. The summed E-state index contributed by atoms with van der Waals surface area (Å²) >= 11 is 0. The highest BCUT2D eigenvalue weighted by molar-refractivity contribution is 7.47. The number of carbonyl (C=O) groups is 2. The van der Waals surface area contributed by atoms with E-state index in [0.717, 1.165) is 103 Å². The summed E-state index contributed by atoms with van der Waals surface area (Å²) < 4.78 is 34.7. The number of likely N-dealkylation sites (N-methyl/N-ethyl adjacent to an activating group) is 1. The predicted octanol–water partition coefficient (Wildman–Crippen LogP) is 22.1. The Hall–Kier alpha value is -3.33. The molecule has 0 heterocycles. The minimum absolute atomic E-state index is 0.0275. The average Bonchev–Trinajstić information content (AvgIpc) is 3.49. The van der Waals surface area contributed by atoms with Crippen LogP contribution in [0.2, 0.25) is 0 Å². The molecule has 0 fully saturated rings. The molecule has 0 saturated carbocycles. The third-order valence-electron chi connectivity index (χ3n) is 14.6. The third kappa shape index (κ3) is 67.7. The van der Waals surface area contributed by atoms with Crippen molar-refractivity contribution in [3.05, 3.63) is 109 Å². The number of nitrogens with zero attached hydrogens (tertiary/aromatic N) is 1. The van der Waals surface area contributed by atoms with E-state index in [1.165, 1.54) is 154 Å². The number of esters is 2. The predicted molar refractivity (Wildman–Crippen MR) is 358 cm³/mol. The fourth-order valence-electron chi connectivity index (χ4n) is 9.36. The summed E-state index contributed by atoms with van der Waals surface area (Å²) in [5.74, 6) is -0.798. The lowest BCUT2D eigenvalue weighted by Gasteiger charge is -2.24. The van der Waals surface area contributed by atoms with E-state index in [0.29, 0.717) is 17.4 Å². The minimum atomic E-state index is -4.40. The molecule has 2 unspecified atom stereocenters. The van der Waals surface area contributed by atoms with Gasteiger partial charge in [-0.15, -0.1) is 0 Å². The zero-order valence-corrected chi connectivity index (χ0v) is 55.3. The third-order valence-corrected chi connectivity index (χ3v) is 15.6. The molecule has 0 bridgehead atoms. The molecule has 83 heavy (non-hydrogen) atoms. The van der Waals surface area contributed by atoms with Crippen LogP contribution in [0.3, 0.4) is 0 Å². The number of quaternary nitrogens is 1. The topological polar surface area (TPSA) is 108 Å². The van der Waals surface area contributed by atoms with Crippen LogP contribution in [-0.4, -0.2) is 74.9 Å². The molecule has 1 N–H and O–H groups in total. The maximum Gasteiger partial charge on any atom is 0.472 e. The van der Waals surface area contributed by atoms with Crippen molar-refractivity contribution in [2.45, 2.75) is 296 Å². The van der Waals surface area contributed by atoms with E-state index >= 15 is 0 Å². The summed E-state index contributed by atoms with van der Waals surface area (Å²) in [4.78, 5) is 35.8. The summed E-state index contributed by atoms with van der Waals surface area (Å²) in [7, 11) is 1.47. The molecule has 10 heteroatoms. The highest BCUT2D eigenvalue weighted by Gasteiger charge is 2.27. The van der Waals surface area contributed by atoms with Crippen molar-refractivity contribution in [3.63, 3.8) is 0 Å². The van der Waals surface area contributed by atoms with E-state index < -0.39 is 26.5 Å². The van der Waals surface area contributed by atoms with Gasteiger partial charge in [-0.2, -0.15) is 0 Å². The van der Waals surface area contributed by atoms with Gasteiger partial charge in [0.15, 0.2) is 6.10 Å². The standard InChI is InChI=1S/C73H128NO8P/c1-6-8-10-12-14-16-18-20-22-24-26-28-30-31-32-33-34-35-36-37-38-39-40-41-42-43-44-46-48-50-52-54-56-58-60-62-64-66-73(76)82-71(70-81-83(77,78)80-68-67-74(3,4)5)69-79-72(75)65-63-61-59-57-55-53-51-49-47-45-29-27-25-23-21-19-17-15-13-11-9-7-2/h8,10,14,16,20,22,26,28,31-32,34-35,37-38,40-41,43-44,71H,6-7,9,11-13,15,17-19,21,23-25,27,29-30,33,36,39,42,45-70H2,1-5H3/p+1/b10-8-,16-14-,22-20-,28-26-,32-31-,35-34-,38-37-,41-40-,44-43-. The Morgan fingerprint density at radius 1 is 0.386 bits per heavy atom. The van der Waals surface area contributed by atoms with Crippen molar-refractivity contribution < 1.29 is 42.1 Å². The first-order valence-corrected chi connectivity index (χ1v) is 35.6. The molecule has 2 atom stereocenters. The largest absolute Gasteiger partial charge is 0.472 e. The lowest BCUT2D eigenvalue weighted by molar-refractivity contribution is -0.870. The number of hydrogen-bond acceptors (Lipinski definition) is 7. The molecule has 0 radical (unpaired) electrons. The molecule has 0 saturated heterocycles. The van der Waals surface area contributed by atoms with E-state index in [1.54, 1.807) is 0 Å². The Kier molecular flexibility index (Phi) is 60.6. The molecule has 0 aliphatic carbocycles. The van der Waals surface area contributed by atoms with Crippen LogP contribution in [-0.2, 0) is 32.7 Å². The van der Waals surface area contributed by atoms with Crippen LogP contribution in [0.25, 0.3) is 0 Å². The molecular formula is C73H129NO8P+. The smallest absolute Gasteiger partial charge is 0.462 e. The SMILES string of the molecule is CC/C=C\C/C=C\C/C=C\C/C=C\C/C=C\C/C=C\C/C=C\C/C=C\C/C=C\CCCCCCCCCCCC(=O)OC(COC(=O)CCCCCCCCCCCCCCCCCCCCCCCC)COP(=O)(O)OCC[N+](C)(C)C. The van der Waals surface area contributed by atoms with Gasteiger partial charge in [0.25, 0.3) is 0 Å². The summed E-state index contributed by atoms with van der Waals surface area (Å²) in [5, 5.41) is 0. The Morgan fingerprint density at radius 2 is 0.687 bits per heavy atom. The van der Waals surface area contributed by atoms with Gasteiger partial charge in [-0.1, -0.05) is 303 Å². The highest BCUT2D eigenvalue weighted by atomic mass is 31.2. The Bertz CT molecular complexity index is 1770. The van der Waals surface area contributed by atoms with Crippen molar-refractivity contribution in [1.82, 2.24) is 0 Å². The second-order valence-electron chi connectivity index (χ2n) is 23.8. The van der Waals surface area contributed by atoms with Crippen molar-refractivity contribution in [3.8, 4) is 0 Å². The Morgan fingerprint density at radius 3 is 1.02 bits per heavy atom. The summed E-state index contributed by atoms with van der Waals surface area (Å²) in [5.41, 5.74) is 0. The van der Waals surface area contributed by atoms with E-state index in [9.17, 15) is 19.0 Å². The van der Waals surface area contributed by atoms with Crippen molar-refractivity contribution in [2.24, 2.45) is 0 Å². The lowest BCUT2D eigenvalue weighted by atomic mass is 10.0. The van der Waals surface area contributed by atoms with E-state index in [2.05, 4.69) is 123 Å². The first kappa shape index (κ1) is 79.7. The van der Waals surface area contributed by atoms with Gasteiger partial charge in [-0.05, 0) is 83.5 Å². The van der Waals surface area contributed by atoms with Crippen LogP contribution in [0.1, 0.15) is 290 Å². The molecule has 0 aromatic carbocycles. The second-order valence-corrected chi connectivity index (χ2v) is 25.3. The van der Waals surface area contributed by atoms with Crippen LogP contribution >= 0.6 is 7.82 Å². The fourth-order valence-corrected chi connectivity index (χ4v) is 10.1. The average molecular weight is 1180 g/mol. The first-order valence-electron chi connectivity index (χ1n) is 34.1. The molecule has 0 rings (SSSR count). The van der Waals surface area contributed by atoms with Crippen molar-refractivity contribution >= 4 is 19.8 Å². The van der Waals surface area contributed by atoms with Crippen molar-refractivity contribution in [2.75, 3.05) is 47.5 Å². The lowest BCUT2D eigenvalue weighted by Crippen LogP contribution is -2.37. The van der Waals surface area contributed by atoms with E-state index in [-0.39, 0.29) is 32.0 Å². The Balaban J connectivity index is 4.10. The molecule has 0 spiro atoms. The molecular weight excluding hydrogens is 1050 g/mol. The van der Waals surface area contributed by atoms with Crippen LogP contribution in [0.15, 0.2) is 109 Å². The van der Waals surface area contributed by atoms with Crippen LogP contribution in [0.4, 0.5) is 0 Å². The van der Waals surface area contributed by atoms with Gasteiger partial charge in [-0.3, -0.25) is 18.6 Å². The van der Waals surface area contributed by atoms with Gasteiger partial charge in [0.1, 0.15) is 19.8 Å². The molecule has 0 aromatic rings. The van der Waals surface area contributed by atoms with Gasteiger partial charge < -0.3 is 18.9 Å².